The summed E-state index contributed by atoms with van der Waals surface area (Å²) in [4.78, 5) is 10.1. The third kappa shape index (κ3) is 8.83. The molecule has 4 nitrogen and oxygen atoms in total. The normalized spacial score (nSPS) is 14.7. The Balaban J connectivity index is 3.60. The van der Waals surface area contributed by atoms with Gasteiger partial charge in [-0.15, -0.1) is 0 Å². The molecular formula is C12H24O4. The van der Waals surface area contributed by atoms with Crippen molar-refractivity contribution in [1.82, 2.24) is 0 Å². The van der Waals surface area contributed by atoms with Gasteiger partial charge in [-0.25, -0.2) is 0 Å². The minimum absolute atomic E-state index is 0.132. The Hall–Kier alpha value is -0.450. The molecule has 0 saturated carbocycles. The van der Waals surface area contributed by atoms with Gasteiger partial charge in [0, 0.05) is 13.5 Å². The standard InChI is InChI=1S/C12H24O4/c1-4-12(16-9-8-14-3)10-11(2)15-7-5-6-13/h6,11-12H,4-5,7-10H2,1-3H3. The minimum Gasteiger partial charge on any atom is -0.382 e. The molecule has 0 rings (SSSR count). The topological polar surface area (TPSA) is 44.8 Å². The highest BCUT2D eigenvalue weighted by Crippen LogP contribution is 2.09. The summed E-state index contributed by atoms with van der Waals surface area (Å²) in [6.45, 7) is 5.84. The first-order valence-electron chi connectivity index (χ1n) is 5.90. The van der Waals surface area contributed by atoms with Crippen molar-refractivity contribution in [3.63, 3.8) is 0 Å². The van der Waals surface area contributed by atoms with Crippen molar-refractivity contribution in [2.24, 2.45) is 0 Å². The lowest BCUT2D eigenvalue weighted by atomic mass is 10.1. The predicted molar refractivity (Wildman–Crippen MR) is 62.6 cm³/mol. The Morgan fingerprint density at radius 2 is 1.94 bits per heavy atom. The molecular weight excluding hydrogens is 208 g/mol. The van der Waals surface area contributed by atoms with Crippen molar-refractivity contribution in [1.29, 1.82) is 0 Å². The first-order chi connectivity index (χ1) is 7.74. The van der Waals surface area contributed by atoms with Gasteiger partial charge >= 0.3 is 0 Å². The van der Waals surface area contributed by atoms with Crippen LogP contribution < -0.4 is 0 Å². The molecule has 2 atom stereocenters. The van der Waals surface area contributed by atoms with Crippen LogP contribution in [-0.4, -0.2) is 45.4 Å². The second kappa shape index (κ2) is 11.0. The number of methoxy groups -OCH3 is 1. The molecule has 4 heteroatoms. The number of hydrogen-bond donors (Lipinski definition) is 0. The van der Waals surface area contributed by atoms with Crippen LogP contribution in [0.1, 0.15) is 33.1 Å². The maximum absolute atomic E-state index is 10.1. The highest BCUT2D eigenvalue weighted by Gasteiger charge is 2.12. The van der Waals surface area contributed by atoms with E-state index in [0.717, 1.165) is 19.1 Å². The molecule has 0 aromatic carbocycles. The van der Waals surface area contributed by atoms with Crippen LogP contribution >= 0.6 is 0 Å². The fourth-order valence-electron chi connectivity index (χ4n) is 1.41. The summed E-state index contributed by atoms with van der Waals surface area (Å²) in [5.41, 5.74) is 0. The summed E-state index contributed by atoms with van der Waals surface area (Å²) in [6.07, 6.45) is 3.50. The van der Waals surface area contributed by atoms with Crippen LogP contribution in [0.4, 0.5) is 0 Å². The Bertz CT molecular complexity index is 161. The molecule has 0 aliphatic carbocycles. The molecule has 0 radical (unpaired) electrons. The second-order valence-corrected chi connectivity index (χ2v) is 3.77. The molecule has 0 heterocycles. The smallest absolute Gasteiger partial charge is 0.122 e. The molecule has 0 saturated heterocycles. The van der Waals surface area contributed by atoms with Crippen molar-refractivity contribution >= 4 is 6.29 Å². The average Bonchev–Trinajstić information content (AvgIpc) is 2.28. The van der Waals surface area contributed by atoms with E-state index in [2.05, 4.69) is 6.92 Å². The molecule has 0 spiro atoms. The molecule has 0 aromatic rings. The highest BCUT2D eigenvalue weighted by atomic mass is 16.5. The fraction of sp³-hybridized carbons (Fsp3) is 0.917. The minimum atomic E-state index is 0.132. The van der Waals surface area contributed by atoms with Crippen molar-refractivity contribution in [2.75, 3.05) is 26.9 Å². The van der Waals surface area contributed by atoms with E-state index in [4.69, 9.17) is 14.2 Å². The molecule has 0 aliphatic heterocycles. The van der Waals surface area contributed by atoms with Crippen LogP contribution in [0.5, 0.6) is 0 Å². The van der Waals surface area contributed by atoms with Gasteiger partial charge in [-0.05, 0) is 19.8 Å². The maximum atomic E-state index is 10.1. The van der Waals surface area contributed by atoms with Gasteiger partial charge in [0.2, 0.25) is 0 Å². The number of rotatable bonds is 11. The van der Waals surface area contributed by atoms with Crippen LogP contribution in [0.25, 0.3) is 0 Å². The van der Waals surface area contributed by atoms with Crippen molar-refractivity contribution in [3.05, 3.63) is 0 Å². The van der Waals surface area contributed by atoms with E-state index in [-0.39, 0.29) is 12.2 Å². The van der Waals surface area contributed by atoms with Crippen LogP contribution in [0, 0.1) is 0 Å². The van der Waals surface area contributed by atoms with Crippen molar-refractivity contribution in [3.8, 4) is 0 Å². The lowest BCUT2D eigenvalue weighted by molar-refractivity contribution is -0.109. The van der Waals surface area contributed by atoms with Crippen LogP contribution in [0.3, 0.4) is 0 Å². The summed E-state index contributed by atoms with van der Waals surface area (Å²) in [6, 6.07) is 0. The molecule has 0 bridgehead atoms. The van der Waals surface area contributed by atoms with Gasteiger partial charge in [0.15, 0.2) is 0 Å². The third-order valence-electron chi connectivity index (χ3n) is 2.33. The molecule has 0 aliphatic rings. The van der Waals surface area contributed by atoms with Gasteiger partial charge in [-0.3, -0.25) is 0 Å². The third-order valence-corrected chi connectivity index (χ3v) is 2.33. The summed E-state index contributed by atoms with van der Waals surface area (Å²) in [5, 5.41) is 0. The summed E-state index contributed by atoms with van der Waals surface area (Å²) in [7, 11) is 1.66. The Morgan fingerprint density at radius 3 is 2.50 bits per heavy atom. The number of ether oxygens (including phenoxy) is 3. The molecule has 0 amide bonds. The lowest BCUT2D eigenvalue weighted by Crippen LogP contribution is -2.22. The molecule has 2 unspecified atom stereocenters. The quantitative estimate of drug-likeness (QED) is 0.402. The Kier molecular flexibility index (Phi) is 10.7. The zero-order valence-corrected chi connectivity index (χ0v) is 10.6. The van der Waals surface area contributed by atoms with Crippen molar-refractivity contribution in [2.45, 2.75) is 45.3 Å². The van der Waals surface area contributed by atoms with Gasteiger partial charge in [0.1, 0.15) is 6.29 Å². The highest BCUT2D eigenvalue weighted by molar-refractivity contribution is 5.49. The number of aldehydes is 1. The van der Waals surface area contributed by atoms with E-state index in [1.165, 1.54) is 0 Å². The maximum Gasteiger partial charge on any atom is 0.122 e. The Labute approximate surface area is 98.3 Å². The summed E-state index contributed by atoms with van der Waals surface area (Å²) in [5.74, 6) is 0. The molecule has 0 fully saturated rings. The van der Waals surface area contributed by atoms with E-state index in [0.29, 0.717) is 26.2 Å². The van der Waals surface area contributed by atoms with Gasteiger partial charge in [0.05, 0.1) is 32.0 Å². The van der Waals surface area contributed by atoms with Gasteiger partial charge in [-0.2, -0.15) is 0 Å². The van der Waals surface area contributed by atoms with Crippen LogP contribution in [0.2, 0.25) is 0 Å². The Morgan fingerprint density at radius 1 is 1.19 bits per heavy atom. The first-order valence-corrected chi connectivity index (χ1v) is 5.90. The van der Waals surface area contributed by atoms with Gasteiger partial charge < -0.3 is 19.0 Å². The van der Waals surface area contributed by atoms with Crippen molar-refractivity contribution < 1.29 is 19.0 Å². The van der Waals surface area contributed by atoms with Crippen LogP contribution in [-0.2, 0) is 19.0 Å². The van der Waals surface area contributed by atoms with E-state index in [9.17, 15) is 4.79 Å². The van der Waals surface area contributed by atoms with E-state index in [1.807, 2.05) is 6.92 Å². The zero-order valence-electron chi connectivity index (χ0n) is 10.6. The lowest BCUT2D eigenvalue weighted by Gasteiger charge is -2.20. The average molecular weight is 232 g/mol. The number of carbonyl (C=O) groups is 1. The predicted octanol–water partition coefficient (Wildman–Crippen LogP) is 1.81. The van der Waals surface area contributed by atoms with Gasteiger partial charge in [-0.1, -0.05) is 6.92 Å². The van der Waals surface area contributed by atoms with Crippen LogP contribution in [0.15, 0.2) is 0 Å². The second-order valence-electron chi connectivity index (χ2n) is 3.77. The first kappa shape index (κ1) is 15.6. The van der Waals surface area contributed by atoms with E-state index < -0.39 is 0 Å². The molecule has 0 aromatic heterocycles. The number of hydrogen-bond acceptors (Lipinski definition) is 4. The molecule has 96 valence electrons. The SMILES string of the molecule is CCC(CC(C)OCCC=O)OCCOC. The van der Waals surface area contributed by atoms with E-state index >= 15 is 0 Å². The fourth-order valence-corrected chi connectivity index (χ4v) is 1.41. The molecule has 16 heavy (non-hydrogen) atoms. The monoisotopic (exact) mass is 232 g/mol. The summed E-state index contributed by atoms with van der Waals surface area (Å²) >= 11 is 0. The van der Waals surface area contributed by atoms with Gasteiger partial charge in [0.25, 0.3) is 0 Å². The molecule has 0 N–H and O–H groups in total. The largest absolute Gasteiger partial charge is 0.382 e. The van der Waals surface area contributed by atoms with E-state index in [1.54, 1.807) is 7.11 Å². The zero-order chi connectivity index (χ0) is 12.2. The number of carbonyl (C=O) groups excluding carboxylic acids is 1. The summed E-state index contributed by atoms with van der Waals surface area (Å²) < 4.78 is 16.0.